The molecule has 1 rings (SSSR count). The van der Waals surface area contributed by atoms with Crippen LogP contribution in [0.2, 0.25) is 0 Å². The van der Waals surface area contributed by atoms with E-state index in [-0.39, 0.29) is 5.54 Å². The third kappa shape index (κ3) is 3.06. The van der Waals surface area contributed by atoms with Gasteiger partial charge in [0.25, 0.3) is 0 Å². The quantitative estimate of drug-likeness (QED) is 0.744. The number of hydrogen-bond acceptors (Lipinski definition) is 3. The Kier molecular flexibility index (Phi) is 2.93. The number of aromatic nitrogens is 2. The molecule has 0 atom stereocenters. The zero-order valence-corrected chi connectivity index (χ0v) is 8.64. The average Bonchev–Trinajstić information content (AvgIpc) is 2.34. The van der Waals surface area contributed by atoms with Crippen LogP contribution in [-0.4, -0.2) is 29.2 Å². The summed E-state index contributed by atoms with van der Waals surface area (Å²) in [5, 5.41) is 3.25. The SMILES string of the molecule is COCC(C)(C)Nc1ncc(C)[nH]1. The first-order valence-corrected chi connectivity index (χ1v) is 4.32. The van der Waals surface area contributed by atoms with Crippen LogP contribution in [0.15, 0.2) is 6.20 Å². The minimum Gasteiger partial charge on any atom is -0.382 e. The van der Waals surface area contributed by atoms with Crippen molar-refractivity contribution in [2.45, 2.75) is 26.3 Å². The summed E-state index contributed by atoms with van der Waals surface area (Å²) in [5.74, 6) is 0.791. The molecule has 1 aromatic rings. The minimum atomic E-state index is -0.0982. The van der Waals surface area contributed by atoms with Crippen molar-refractivity contribution in [3.63, 3.8) is 0 Å². The molecule has 1 heterocycles. The third-order valence-corrected chi connectivity index (χ3v) is 1.66. The molecule has 0 aliphatic heterocycles. The fourth-order valence-corrected chi connectivity index (χ4v) is 1.19. The van der Waals surface area contributed by atoms with Crippen LogP contribution >= 0.6 is 0 Å². The number of ether oxygens (including phenoxy) is 1. The molecule has 0 saturated heterocycles. The molecule has 0 saturated carbocycles. The maximum Gasteiger partial charge on any atom is 0.200 e. The average molecular weight is 183 g/mol. The van der Waals surface area contributed by atoms with Crippen LogP contribution in [-0.2, 0) is 4.74 Å². The van der Waals surface area contributed by atoms with Crippen molar-refractivity contribution in [3.8, 4) is 0 Å². The maximum atomic E-state index is 5.08. The van der Waals surface area contributed by atoms with Gasteiger partial charge in [-0.05, 0) is 20.8 Å². The first-order chi connectivity index (χ1) is 6.03. The molecular formula is C9H17N3O. The zero-order chi connectivity index (χ0) is 9.90. The molecule has 2 N–H and O–H groups in total. The Morgan fingerprint density at radius 1 is 1.62 bits per heavy atom. The van der Waals surface area contributed by atoms with Crippen molar-refractivity contribution < 1.29 is 4.74 Å². The van der Waals surface area contributed by atoms with Crippen molar-refractivity contribution in [1.82, 2.24) is 9.97 Å². The minimum absolute atomic E-state index is 0.0982. The van der Waals surface area contributed by atoms with Crippen molar-refractivity contribution in [1.29, 1.82) is 0 Å². The van der Waals surface area contributed by atoms with Gasteiger partial charge < -0.3 is 15.0 Å². The number of anilines is 1. The van der Waals surface area contributed by atoms with Crippen LogP contribution in [0.5, 0.6) is 0 Å². The van der Waals surface area contributed by atoms with E-state index in [0.29, 0.717) is 6.61 Å². The lowest BCUT2D eigenvalue weighted by Gasteiger charge is -2.24. The lowest BCUT2D eigenvalue weighted by molar-refractivity contribution is 0.158. The van der Waals surface area contributed by atoms with E-state index >= 15 is 0 Å². The molecule has 0 amide bonds. The molecule has 13 heavy (non-hydrogen) atoms. The monoisotopic (exact) mass is 183 g/mol. The first-order valence-electron chi connectivity index (χ1n) is 4.32. The second-order valence-electron chi connectivity index (χ2n) is 3.86. The summed E-state index contributed by atoms with van der Waals surface area (Å²) in [5.41, 5.74) is 0.953. The van der Waals surface area contributed by atoms with Gasteiger partial charge in [-0.25, -0.2) is 4.98 Å². The van der Waals surface area contributed by atoms with Gasteiger partial charge in [0.2, 0.25) is 5.95 Å². The second kappa shape index (κ2) is 3.79. The van der Waals surface area contributed by atoms with Crippen LogP contribution in [0, 0.1) is 6.92 Å². The fraction of sp³-hybridized carbons (Fsp3) is 0.667. The number of H-pyrrole nitrogens is 1. The lowest BCUT2D eigenvalue weighted by Crippen LogP contribution is -2.36. The predicted octanol–water partition coefficient (Wildman–Crippen LogP) is 1.56. The van der Waals surface area contributed by atoms with Crippen LogP contribution in [0.1, 0.15) is 19.5 Å². The normalized spacial score (nSPS) is 11.7. The number of aromatic amines is 1. The lowest BCUT2D eigenvalue weighted by atomic mass is 10.1. The highest BCUT2D eigenvalue weighted by Crippen LogP contribution is 2.11. The number of nitrogens with zero attached hydrogens (tertiary/aromatic N) is 1. The smallest absolute Gasteiger partial charge is 0.200 e. The number of hydrogen-bond donors (Lipinski definition) is 2. The molecule has 1 aromatic heterocycles. The number of imidazole rings is 1. The molecule has 0 unspecified atom stereocenters. The van der Waals surface area contributed by atoms with Gasteiger partial charge in [-0.2, -0.15) is 0 Å². The zero-order valence-electron chi connectivity index (χ0n) is 8.64. The molecule has 0 radical (unpaired) electrons. The topological polar surface area (TPSA) is 49.9 Å². The molecule has 0 aliphatic carbocycles. The number of aryl methyl sites for hydroxylation is 1. The highest BCUT2D eigenvalue weighted by atomic mass is 16.5. The third-order valence-electron chi connectivity index (χ3n) is 1.66. The van der Waals surface area contributed by atoms with E-state index in [1.54, 1.807) is 13.3 Å². The van der Waals surface area contributed by atoms with Gasteiger partial charge in [-0.3, -0.25) is 0 Å². The Labute approximate surface area is 78.7 Å². The standard InChI is InChI=1S/C9H17N3O/c1-7-5-10-8(11-7)12-9(2,3)6-13-4/h5H,6H2,1-4H3,(H2,10,11,12). The van der Waals surface area contributed by atoms with Gasteiger partial charge in [0, 0.05) is 19.0 Å². The van der Waals surface area contributed by atoms with Gasteiger partial charge in [-0.15, -0.1) is 0 Å². The molecule has 4 nitrogen and oxygen atoms in total. The van der Waals surface area contributed by atoms with E-state index in [2.05, 4.69) is 29.1 Å². The first kappa shape index (κ1) is 10.1. The van der Waals surface area contributed by atoms with Crippen molar-refractivity contribution in [3.05, 3.63) is 11.9 Å². The van der Waals surface area contributed by atoms with Gasteiger partial charge in [0.15, 0.2) is 0 Å². The van der Waals surface area contributed by atoms with Crippen LogP contribution in [0.3, 0.4) is 0 Å². The summed E-state index contributed by atoms with van der Waals surface area (Å²) in [6.45, 7) is 6.75. The summed E-state index contributed by atoms with van der Waals surface area (Å²) in [4.78, 5) is 7.27. The highest BCUT2D eigenvalue weighted by molar-refractivity contribution is 5.29. The summed E-state index contributed by atoms with van der Waals surface area (Å²) in [6, 6.07) is 0. The van der Waals surface area contributed by atoms with E-state index in [0.717, 1.165) is 11.6 Å². The van der Waals surface area contributed by atoms with Crippen molar-refractivity contribution >= 4 is 5.95 Å². The van der Waals surface area contributed by atoms with Crippen LogP contribution in [0.25, 0.3) is 0 Å². The summed E-state index contributed by atoms with van der Waals surface area (Å²) >= 11 is 0. The van der Waals surface area contributed by atoms with Gasteiger partial charge >= 0.3 is 0 Å². The molecule has 0 spiro atoms. The van der Waals surface area contributed by atoms with Gasteiger partial charge in [-0.1, -0.05) is 0 Å². The van der Waals surface area contributed by atoms with E-state index in [1.165, 1.54) is 0 Å². The Balaban J connectivity index is 2.57. The predicted molar refractivity (Wildman–Crippen MR) is 52.9 cm³/mol. The second-order valence-corrected chi connectivity index (χ2v) is 3.86. The number of nitrogens with one attached hydrogen (secondary N) is 2. The van der Waals surface area contributed by atoms with Crippen LogP contribution < -0.4 is 5.32 Å². The van der Waals surface area contributed by atoms with Crippen LogP contribution in [0.4, 0.5) is 5.95 Å². The summed E-state index contributed by atoms with van der Waals surface area (Å²) in [6.07, 6.45) is 1.80. The van der Waals surface area contributed by atoms with E-state index in [4.69, 9.17) is 4.74 Å². The molecule has 74 valence electrons. The fourth-order valence-electron chi connectivity index (χ4n) is 1.19. The van der Waals surface area contributed by atoms with E-state index < -0.39 is 0 Å². The molecule has 4 heteroatoms. The molecule has 0 bridgehead atoms. The van der Waals surface area contributed by atoms with E-state index in [1.807, 2.05) is 6.92 Å². The Morgan fingerprint density at radius 3 is 2.77 bits per heavy atom. The highest BCUT2D eigenvalue weighted by Gasteiger charge is 2.17. The van der Waals surface area contributed by atoms with E-state index in [9.17, 15) is 0 Å². The largest absolute Gasteiger partial charge is 0.382 e. The van der Waals surface area contributed by atoms with Gasteiger partial charge in [0.05, 0.1) is 12.1 Å². The maximum absolute atomic E-state index is 5.08. The van der Waals surface area contributed by atoms with Crippen molar-refractivity contribution in [2.24, 2.45) is 0 Å². The molecule has 0 aliphatic rings. The van der Waals surface area contributed by atoms with Crippen molar-refractivity contribution in [2.75, 3.05) is 19.0 Å². The molecule has 0 fully saturated rings. The number of rotatable bonds is 4. The Morgan fingerprint density at radius 2 is 2.31 bits per heavy atom. The molecule has 0 aromatic carbocycles. The molecular weight excluding hydrogens is 166 g/mol. The summed E-state index contributed by atoms with van der Waals surface area (Å²) < 4.78 is 5.08. The Hall–Kier alpha value is -1.03. The summed E-state index contributed by atoms with van der Waals surface area (Å²) in [7, 11) is 1.69. The Bertz CT molecular complexity index is 268. The van der Waals surface area contributed by atoms with Gasteiger partial charge in [0.1, 0.15) is 0 Å². The number of methoxy groups -OCH3 is 1.